The Morgan fingerprint density at radius 3 is 2.80 bits per heavy atom. The van der Waals surface area contributed by atoms with Gasteiger partial charge in [-0.3, -0.25) is 4.79 Å². The lowest BCUT2D eigenvalue weighted by Gasteiger charge is -2.30. The smallest absolute Gasteiger partial charge is 0.267 e. The van der Waals surface area contributed by atoms with E-state index >= 15 is 0 Å². The van der Waals surface area contributed by atoms with Crippen LogP contribution in [0.2, 0.25) is 0 Å². The second-order valence-electron chi connectivity index (χ2n) is 5.04. The first kappa shape index (κ1) is 12.8. The first-order valence-corrected chi connectivity index (χ1v) is 6.85. The van der Waals surface area contributed by atoms with Gasteiger partial charge in [-0.05, 0) is 25.0 Å². The number of hydrogen-bond donors (Lipinski definition) is 0. The van der Waals surface area contributed by atoms with Crippen molar-refractivity contribution in [3.63, 3.8) is 0 Å². The molecule has 1 aliphatic carbocycles. The van der Waals surface area contributed by atoms with Crippen LogP contribution in [0.25, 0.3) is 0 Å². The highest BCUT2D eigenvalue weighted by molar-refractivity contribution is 5.82. The Kier molecular flexibility index (Phi) is 3.46. The summed E-state index contributed by atoms with van der Waals surface area (Å²) in [5, 5.41) is 8.70. The van der Waals surface area contributed by atoms with E-state index in [-0.39, 0.29) is 18.6 Å². The second kappa shape index (κ2) is 5.41. The number of nitrogens with zero attached hydrogens (tertiary/aromatic N) is 2. The number of amides is 1. The Hall–Kier alpha value is -2.22. The van der Waals surface area contributed by atoms with E-state index in [2.05, 4.69) is 6.07 Å². The van der Waals surface area contributed by atoms with Gasteiger partial charge in [0, 0.05) is 12.6 Å². The van der Waals surface area contributed by atoms with Gasteiger partial charge in [0.15, 0.2) is 11.5 Å². The maximum absolute atomic E-state index is 12.5. The topological polar surface area (TPSA) is 62.6 Å². The molecule has 0 radical (unpaired) electrons. The van der Waals surface area contributed by atoms with Gasteiger partial charge in [0.2, 0.25) is 6.10 Å². The molecule has 0 N–H and O–H groups in total. The van der Waals surface area contributed by atoms with Crippen molar-refractivity contribution in [2.75, 3.05) is 13.2 Å². The molecule has 3 rings (SSSR count). The number of benzene rings is 1. The second-order valence-corrected chi connectivity index (χ2v) is 5.04. The highest BCUT2D eigenvalue weighted by Crippen LogP contribution is 2.33. The molecule has 1 aromatic rings. The minimum atomic E-state index is -0.607. The van der Waals surface area contributed by atoms with Crippen LogP contribution in [-0.2, 0) is 4.79 Å². The Bertz CT molecular complexity index is 548. The molecule has 1 fully saturated rings. The summed E-state index contributed by atoms with van der Waals surface area (Å²) in [6.45, 7) is 0.702. The highest BCUT2D eigenvalue weighted by Gasteiger charge is 2.38. The molecule has 0 spiro atoms. The maximum atomic E-state index is 12.5. The van der Waals surface area contributed by atoms with E-state index in [0.29, 0.717) is 24.5 Å². The van der Waals surface area contributed by atoms with Crippen molar-refractivity contribution in [1.29, 1.82) is 5.26 Å². The van der Waals surface area contributed by atoms with Crippen molar-refractivity contribution in [2.45, 2.75) is 31.4 Å². The summed E-state index contributed by atoms with van der Waals surface area (Å²) in [6, 6.07) is 9.70. The van der Waals surface area contributed by atoms with Crippen LogP contribution in [0, 0.1) is 11.3 Å². The van der Waals surface area contributed by atoms with E-state index < -0.39 is 6.10 Å². The number of hydrogen-bond acceptors (Lipinski definition) is 4. The molecule has 1 unspecified atom stereocenters. The first-order chi connectivity index (χ1) is 9.79. The van der Waals surface area contributed by atoms with Crippen LogP contribution in [0.15, 0.2) is 24.3 Å². The minimum absolute atomic E-state index is 0.0720. The Labute approximate surface area is 117 Å². The van der Waals surface area contributed by atoms with Gasteiger partial charge in [-0.1, -0.05) is 12.1 Å². The molecular weight excluding hydrogens is 256 g/mol. The summed E-state index contributed by atoms with van der Waals surface area (Å²) < 4.78 is 11.3. The maximum Gasteiger partial charge on any atom is 0.267 e. The van der Waals surface area contributed by atoms with E-state index in [1.54, 1.807) is 11.0 Å². The molecule has 0 saturated heterocycles. The normalized spacial score (nSPS) is 20.1. The largest absolute Gasteiger partial charge is 0.485 e. The van der Waals surface area contributed by atoms with Crippen molar-refractivity contribution in [1.82, 2.24) is 4.90 Å². The minimum Gasteiger partial charge on any atom is -0.485 e. The monoisotopic (exact) mass is 272 g/mol. The number of carbonyl (C=O) groups excluding carboxylic acids is 1. The lowest BCUT2D eigenvalue weighted by atomic mass is 10.2. The van der Waals surface area contributed by atoms with Crippen LogP contribution < -0.4 is 9.47 Å². The van der Waals surface area contributed by atoms with Gasteiger partial charge >= 0.3 is 0 Å². The van der Waals surface area contributed by atoms with Crippen LogP contribution in [0.3, 0.4) is 0 Å². The number of ether oxygens (including phenoxy) is 2. The van der Waals surface area contributed by atoms with E-state index in [4.69, 9.17) is 14.7 Å². The third-order valence-electron chi connectivity index (χ3n) is 3.52. The molecule has 5 heteroatoms. The molecule has 1 aliphatic heterocycles. The molecule has 1 amide bonds. The third-order valence-corrected chi connectivity index (χ3v) is 3.52. The van der Waals surface area contributed by atoms with E-state index in [0.717, 1.165) is 12.8 Å². The summed E-state index contributed by atoms with van der Waals surface area (Å²) in [5.41, 5.74) is 0. The predicted molar refractivity (Wildman–Crippen MR) is 71.3 cm³/mol. The van der Waals surface area contributed by atoms with Crippen molar-refractivity contribution in [3.05, 3.63) is 24.3 Å². The molecule has 0 bridgehead atoms. The van der Waals surface area contributed by atoms with Crippen molar-refractivity contribution >= 4 is 5.91 Å². The Balaban J connectivity index is 1.70. The number of fused-ring (bicyclic) bond motifs is 1. The number of carbonyl (C=O) groups is 1. The van der Waals surface area contributed by atoms with Crippen molar-refractivity contribution in [2.24, 2.45) is 0 Å². The first-order valence-electron chi connectivity index (χ1n) is 6.85. The SMILES string of the molecule is N#CCCN(C(=O)C1COc2ccccc2O1)C1CC1. The van der Waals surface area contributed by atoms with Crippen LogP contribution in [0.4, 0.5) is 0 Å². The lowest BCUT2D eigenvalue weighted by molar-refractivity contribution is -0.141. The summed E-state index contributed by atoms with van der Waals surface area (Å²) in [7, 11) is 0. The quantitative estimate of drug-likeness (QED) is 0.837. The van der Waals surface area contributed by atoms with Crippen LogP contribution >= 0.6 is 0 Å². The Morgan fingerprint density at radius 1 is 1.35 bits per heavy atom. The van der Waals surface area contributed by atoms with Crippen LogP contribution in [0.1, 0.15) is 19.3 Å². The van der Waals surface area contributed by atoms with Gasteiger partial charge in [0.1, 0.15) is 6.61 Å². The average molecular weight is 272 g/mol. The Morgan fingerprint density at radius 2 is 2.10 bits per heavy atom. The average Bonchev–Trinajstić information content (AvgIpc) is 3.32. The molecule has 0 aromatic heterocycles. The number of rotatable bonds is 4. The zero-order valence-electron chi connectivity index (χ0n) is 11.1. The summed E-state index contributed by atoms with van der Waals surface area (Å²) in [5.74, 6) is 1.21. The third kappa shape index (κ3) is 2.55. The molecule has 20 heavy (non-hydrogen) atoms. The van der Waals surface area contributed by atoms with Gasteiger partial charge in [0.05, 0.1) is 12.5 Å². The molecular formula is C15H16N2O3. The van der Waals surface area contributed by atoms with Crippen molar-refractivity contribution < 1.29 is 14.3 Å². The standard InChI is InChI=1S/C15H16N2O3/c16-8-3-9-17(11-6-7-11)15(18)14-10-19-12-4-1-2-5-13(12)20-14/h1-2,4-5,11,14H,3,6-7,9-10H2. The molecule has 2 aliphatic rings. The highest BCUT2D eigenvalue weighted by atomic mass is 16.6. The lowest BCUT2D eigenvalue weighted by Crippen LogP contribution is -2.47. The van der Waals surface area contributed by atoms with Gasteiger partial charge in [-0.2, -0.15) is 5.26 Å². The number of nitriles is 1. The fourth-order valence-electron chi connectivity index (χ4n) is 2.36. The summed E-state index contributed by atoms with van der Waals surface area (Å²) >= 11 is 0. The summed E-state index contributed by atoms with van der Waals surface area (Å²) in [6.07, 6.45) is 1.78. The van der Waals surface area contributed by atoms with Gasteiger partial charge in [0.25, 0.3) is 5.91 Å². The van der Waals surface area contributed by atoms with Gasteiger partial charge in [-0.25, -0.2) is 0 Å². The number of para-hydroxylation sites is 2. The molecule has 1 heterocycles. The fourth-order valence-corrected chi connectivity index (χ4v) is 2.36. The zero-order chi connectivity index (χ0) is 13.9. The van der Waals surface area contributed by atoms with E-state index in [1.807, 2.05) is 18.2 Å². The fraction of sp³-hybridized carbons (Fsp3) is 0.467. The molecule has 1 atom stereocenters. The van der Waals surface area contributed by atoms with Crippen LogP contribution in [0.5, 0.6) is 11.5 Å². The van der Waals surface area contributed by atoms with E-state index in [9.17, 15) is 4.79 Å². The van der Waals surface area contributed by atoms with Crippen molar-refractivity contribution in [3.8, 4) is 17.6 Å². The summed E-state index contributed by atoms with van der Waals surface area (Å²) in [4.78, 5) is 14.3. The predicted octanol–water partition coefficient (Wildman–Crippen LogP) is 1.73. The van der Waals surface area contributed by atoms with Crippen LogP contribution in [-0.4, -0.2) is 36.1 Å². The van der Waals surface area contributed by atoms with Gasteiger partial charge < -0.3 is 14.4 Å². The zero-order valence-corrected chi connectivity index (χ0v) is 11.1. The van der Waals surface area contributed by atoms with Gasteiger partial charge in [-0.15, -0.1) is 0 Å². The molecule has 1 saturated carbocycles. The molecule has 5 nitrogen and oxygen atoms in total. The molecule has 1 aromatic carbocycles. The van der Waals surface area contributed by atoms with E-state index in [1.165, 1.54) is 0 Å². The molecule has 104 valence electrons.